The summed E-state index contributed by atoms with van der Waals surface area (Å²) in [6.07, 6.45) is 2.30. The highest BCUT2D eigenvalue weighted by molar-refractivity contribution is 5.88. The minimum Gasteiger partial charge on any atom is -0.478 e. The quantitative estimate of drug-likeness (QED) is 0.612. The molecule has 1 rings (SSSR count). The van der Waals surface area contributed by atoms with Gasteiger partial charge in [0.15, 0.2) is 0 Å². The van der Waals surface area contributed by atoms with Gasteiger partial charge in [0.1, 0.15) is 0 Å². The fraction of sp³-hybridized carbons (Fsp3) is 0.545. The molecule has 1 heterocycles. The number of carboxylic acid groups (broad SMARTS) is 1. The number of nitrogens with one attached hydrogen (secondary N) is 2. The van der Waals surface area contributed by atoms with E-state index in [0.29, 0.717) is 11.6 Å². The molecule has 3 N–H and O–H groups in total. The fourth-order valence-corrected chi connectivity index (χ4v) is 1.35. The molecule has 0 fully saturated rings. The van der Waals surface area contributed by atoms with Crippen molar-refractivity contribution in [2.45, 2.75) is 20.3 Å². The molecule has 6 heteroatoms. The summed E-state index contributed by atoms with van der Waals surface area (Å²) in [4.78, 5) is 18.8. The molecule has 94 valence electrons. The Labute approximate surface area is 100 Å². The Morgan fingerprint density at radius 2 is 2.24 bits per heavy atom. The second-order valence-corrected chi connectivity index (χ2v) is 3.63. The SMILES string of the molecule is CCNCCCNc1ncc(C(=O)O)c(C)n1. The first-order valence-corrected chi connectivity index (χ1v) is 5.66. The standard InChI is InChI=1S/C11H18N4O2/c1-3-12-5-4-6-13-11-14-7-9(10(16)17)8(2)15-11/h7,12H,3-6H2,1-2H3,(H,16,17)(H,13,14,15). The smallest absolute Gasteiger partial charge is 0.339 e. The summed E-state index contributed by atoms with van der Waals surface area (Å²) >= 11 is 0. The van der Waals surface area contributed by atoms with Gasteiger partial charge in [0.25, 0.3) is 0 Å². The third-order valence-corrected chi connectivity index (χ3v) is 2.27. The van der Waals surface area contributed by atoms with Crippen molar-refractivity contribution in [2.24, 2.45) is 0 Å². The second kappa shape index (κ2) is 6.80. The van der Waals surface area contributed by atoms with Crippen molar-refractivity contribution >= 4 is 11.9 Å². The summed E-state index contributed by atoms with van der Waals surface area (Å²) in [5.74, 6) is -0.523. The lowest BCUT2D eigenvalue weighted by Crippen LogP contribution is -2.18. The molecule has 0 aromatic carbocycles. The van der Waals surface area contributed by atoms with Gasteiger partial charge in [-0.2, -0.15) is 0 Å². The maximum atomic E-state index is 10.8. The third kappa shape index (κ3) is 4.36. The van der Waals surface area contributed by atoms with Crippen molar-refractivity contribution in [3.8, 4) is 0 Å². The van der Waals surface area contributed by atoms with Crippen LogP contribution in [0.1, 0.15) is 29.4 Å². The number of carboxylic acids is 1. The van der Waals surface area contributed by atoms with Crippen molar-refractivity contribution in [1.82, 2.24) is 15.3 Å². The number of nitrogens with zero attached hydrogens (tertiary/aromatic N) is 2. The van der Waals surface area contributed by atoms with Gasteiger partial charge >= 0.3 is 5.97 Å². The Kier molecular flexibility index (Phi) is 5.35. The van der Waals surface area contributed by atoms with E-state index in [1.165, 1.54) is 6.20 Å². The van der Waals surface area contributed by atoms with Crippen LogP contribution in [0.25, 0.3) is 0 Å². The Bertz CT molecular complexity index is 382. The molecule has 0 aliphatic rings. The predicted octanol–water partition coefficient (Wildman–Crippen LogP) is 0.895. The van der Waals surface area contributed by atoms with E-state index in [2.05, 4.69) is 27.5 Å². The Morgan fingerprint density at radius 1 is 1.47 bits per heavy atom. The highest BCUT2D eigenvalue weighted by Gasteiger charge is 2.09. The summed E-state index contributed by atoms with van der Waals surface area (Å²) in [5, 5.41) is 15.1. The van der Waals surface area contributed by atoms with Crippen molar-refractivity contribution in [2.75, 3.05) is 25.0 Å². The van der Waals surface area contributed by atoms with Crippen LogP contribution in [0.5, 0.6) is 0 Å². The topological polar surface area (TPSA) is 87.1 Å². The highest BCUT2D eigenvalue weighted by atomic mass is 16.4. The molecule has 1 aromatic rings. The number of carbonyl (C=O) groups is 1. The lowest BCUT2D eigenvalue weighted by molar-refractivity contribution is 0.0695. The van der Waals surface area contributed by atoms with Gasteiger partial charge in [-0.15, -0.1) is 0 Å². The molecular formula is C11H18N4O2. The Balaban J connectivity index is 2.45. The van der Waals surface area contributed by atoms with E-state index in [4.69, 9.17) is 5.11 Å². The van der Waals surface area contributed by atoms with Gasteiger partial charge in [-0.1, -0.05) is 6.92 Å². The summed E-state index contributed by atoms with van der Waals surface area (Å²) in [7, 11) is 0. The van der Waals surface area contributed by atoms with Crippen molar-refractivity contribution in [3.63, 3.8) is 0 Å². The number of hydrogen-bond acceptors (Lipinski definition) is 5. The first-order valence-electron chi connectivity index (χ1n) is 5.66. The zero-order chi connectivity index (χ0) is 12.7. The van der Waals surface area contributed by atoms with E-state index >= 15 is 0 Å². The molecule has 0 spiro atoms. The van der Waals surface area contributed by atoms with E-state index in [0.717, 1.165) is 26.1 Å². The molecule has 17 heavy (non-hydrogen) atoms. The molecular weight excluding hydrogens is 220 g/mol. The average Bonchev–Trinajstić information content (AvgIpc) is 2.28. The van der Waals surface area contributed by atoms with Gasteiger partial charge in [0.05, 0.1) is 11.3 Å². The van der Waals surface area contributed by atoms with Gasteiger partial charge in [-0.05, 0) is 26.4 Å². The van der Waals surface area contributed by atoms with E-state index in [-0.39, 0.29) is 5.56 Å². The second-order valence-electron chi connectivity index (χ2n) is 3.63. The van der Waals surface area contributed by atoms with Crippen molar-refractivity contribution in [3.05, 3.63) is 17.5 Å². The molecule has 0 amide bonds. The summed E-state index contributed by atoms with van der Waals surface area (Å²) in [6.45, 7) is 6.39. The van der Waals surface area contributed by atoms with Crippen LogP contribution in [-0.2, 0) is 0 Å². The maximum absolute atomic E-state index is 10.8. The highest BCUT2D eigenvalue weighted by Crippen LogP contribution is 2.06. The lowest BCUT2D eigenvalue weighted by Gasteiger charge is -2.06. The van der Waals surface area contributed by atoms with Crippen LogP contribution in [0.4, 0.5) is 5.95 Å². The van der Waals surface area contributed by atoms with Crippen LogP contribution < -0.4 is 10.6 Å². The normalized spacial score (nSPS) is 10.2. The monoisotopic (exact) mass is 238 g/mol. The largest absolute Gasteiger partial charge is 0.478 e. The van der Waals surface area contributed by atoms with Gasteiger partial charge in [0.2, 0.25) is 5.95 Å². The van der Waals surface area contributed by atoms with E-state index in [1.807, 2.05) is 0 Å². The van der Waals surface area contributed by atoms with Gasteiger partial charge in [-0.3, -0.25) is 0 Å². The Morgan fingerprint density at radius 3 is 2.82 bits per heavy atom. The average molecular weight is 238 g/mol. The predicted molar refractivity (Wildman–Crippen MR) is 65.4 cm³/mol. The van der Waals surface area contributed by atoms with Gasteiger partial charge < -0.3 is 15.7 Å². The van der Waals surface area contributed by atoms with Crippen LogP contribution in [0, 0.1) is 6.92 Å². The molecule has 1 aromatic heterocycles. The molecule has 0 saturated heterocycles. The summed E-state index contributed by atoms with van der Waals surface area (Å²) in [6, 6.07) is 0. The molecule has 0 atom stereocenters. The number of anilines is 1. The van der Waals surface area contributed by atoms with Crippen LogP contribution in [0.2, 0.25) is 0 Å². The van der Waals surface area contributed by atoms with Crippen molar-refractivity contribution < 1.29 is 9.90 Å². The molecule has 0 bridgehead atoms. The van der Waals surface area contributed by atoms with Crippen LogP contribution in [-0.4, -0.2) is 40.7 Å². The van der Waals surface area contributed by atoms with Gasteiger partial charge in [0, 0.05) is 12.7 Å². The molecule has 0 radical (unpaired) electrons. The van der Waals surface area contributed by atoms with Crippen molar-refractivity contribution in [1.29, 1.82) is 0 Å². The van der Waals surface area contributed by atoms with E-state index in [9.17, 15) is 4.79 Å². The number of aryl methyl sites for hydroxylation is 1. The number of rotatable bonds is 7. The van der Waals surface area contributed by atoms with E-state index < -0.39 is 5.97 Å². The third-order valence-electron chi connectivity index (χ3n) is 2.27. The number of hydrogen-bond donors (Lipinski definition) is 3. The molecule has 0 saturated carbocycles. The molecule has 0 aliphatic heterocycles. The molecule has 6 nitrogen and oxygen atoms in total. The van der Waals surface area contributed by atoms with Gasteiger partial charge in [-0.25, -0.2) is 14.8 Å². The minimum atomic E-state index is -0.999. The van der Waals surface area contributed by atoms with E-state index in [1.54, 1.807) is 6.92 Å². The van der Waals surface area contributed by atoms with Crippen LogP contribution in [0.15, 0.2) is 6.20 Å². The zero-order valence-corrected chi connectivity index (χ0v) is 10.2. The maximum Gasteiger partial charge on any atom is 0.339 e. The summed E-state index contributed by atoms with van der Waals surface area (Å²) in [5.41, 5.74) is 0.616. The number of aromatic nitrogens is 2. The minimum absolute atomic E-state index is 0.142. The molecule has 0 aliphatic carbocycles. The number of aromatic carboxylic acids is 1. The fourth-order valence-electron chi connectivity index (χ4n) is 1.35. The molecule has 0 unspecified atom stereocenters. The zero-order valence-electron chi connectivity index (χ0n) is 10.2. The van der Waals surface area contributed by atoms with Crippen LogP contribution in [0.3, 0.4) is 0 Å². The first-order chi connectivity index (χ1) is 8.15. The van der Waals surface area contributed by atoms with Crippen LogP contribution >= 0.6 is 0 Å². The Hall–Kier alpha value is -1.69. The first kappa shape index (κ1) is 13.4. The summed E-state index contributed by atoms with van der Waals surface area (Å²) < 4.78 is 0. The lowest BCUT2D eigenvalue weighted by atomic mass is 10.2.